The van der Waals surface area contributed by atoms with Crippen LogP contribution in [0.4, 0.5) is 0 Å². The summed E-state index contributed by atoms with van der Waals surface area (Å²) < 4.78 is 0. The van der Waals surface area contributed by atoms with Gasteiger partial charge in [0.15, 0.2) is 0 Å². The largest absolute Gasteiger partial charge is 0.353 e. The molecule has 1 saturated carbocycles. The Morgan fingerprint density at radius 3 is 2.25 bits per heavy atom. The fraction of sp³-hybridized carbons (Fsp3) is 0.900. The molecule has 70 valence electrons. The summed E-state index contributed by atoms with van der Waals surface area (Å²) in [5.74, 6) is 0.830. The predicted octanol–water partition coefficient (Wildman–Crippen LogP) is 1.95. The molecule has 12 heavy (non-hydrogen) atoms. The molecular weight excluding hydrogens is 150 g/mol. The van der Waals surface area contributed by atoms with Gasteiger partial charge < -0.3 is 5.32 Å². The fourth-order valence-electron chi connectivity index (χ4n) is 1.44. The molecule has 0 heterocycles. The smallest absolute Gasteiger partial charge is 0.226 e. The van der Waals surface area contributed by atoms with Gasteiger partial charge in [-0.15, -0.1) is 0 Å². The summed E-state index contributed by atoms with van der Waals surface area (Å²) in [7, 11) is 0. The van der Waals surface area contributed by atoms with Crippen molar-refractivity contribution in [2.45, 2.75) is 46.6 Å². The molecule has 0 aromatic carbocycles. The average molecular weight is 169 g/mol. The average Bonchev–Trinajstić information content (AvgIpc) is 2.65. The second-order valence-electron chi connectivity index (χ2n) is 4.62. The number of hydrogen-bond donors (Lipinski definition) is 1. The zero-order valence-corrected chi connectivity index (χ0v) is 8.48. The number of hydrogen-bond acceptors (Lipinski definition) is 1. The SMILES string of the molecule is CC(C)NC(=O)C(C)(C)C1CC1. The molecule has 0 aliphatic heterocycles. The molecule has 1 N–H and O–H groups in total. The first-order valence-electron chi connectivity index (χ1n) is 4.75. The molecule has 2 heteroatoms. The highest BCUT2D eigenvalue weighted by atomic mass is 16.2. The van der Waals surface area contributed by atoms with Gasteiger partial charge in [0.25, 0.3) is 0 Å². The van der Waals surface area contributed by atoms with Crippen LogP contribution in [0.1, 0.15) is 40.5 Å². The zero-order valence-electron chi connectivity index (χ0n) is 8.48. The standard InChI is InChI=1S/C10H19NO/c1-7(2)11-9(12)10(3,4)8-5-6-8/h7-8H,5-6H2,1-4H3,(H,11,12). The highest BCUT2D eigenvalue weighted by Crippen LogP contribution is 2.45. The lowest BCUT2D eigenvalue weighted by atomic mass is 9.86. The molecule has 0 saturated heterocycles. The molecule has 1 aliphatic carbocycles. The molecule has 0 bridgehead atoms. The Morgan fingerprint density at radius 1 is 1.42 bits per heavy atom. The normalized spacial score (nSPS) is 18.1. The van der Waals surface area contributed by atoms with E-state index in [9.17, 15) is 4.79 Å². The number of amides is 1. The van der Waals surface area contributed by atoms with Crippen LogP contribution in [0.25, 0.3) is 0 Å². The van der Waals surface area contributed by atoms with Crippen molar-refractivity contribution in [3.8, 4) is 0 Å². The van der Waals surface area contributed by atoms with Crippen molar-refractivity contribution in [2.24, 2.45) is 11.3 Å². The summed E-state index contributed by atoms with van der Waals surface area (Å²) in [6, 6.07) is 0.260. The minimum atomic E-state index is -0.149. The van der Waals surface area contributed by atoms with Crippen LogP contribution in [-0.2, 0) is 4.79 Å². The van der Waals surface area contributed by atoms with Gasteiger partial charge in [-0.05, 0) is 32.6 Å². The summed E-state index contributed by atoms with van der Waals surface area (Å²) in [6.45, 7) is 8.09. The van der Waals surface area contributed by atoms with E-state index in [2.05, 4.69) is 5.32 Å². The van der Waals surface area contributed by atoms with Gasteiger partial charge in [0, 0.05) is 11.5 Å². The Morgan fingerprint density at radius 2 is 1.92 bits per heavy atom. The molecule has 0 aromatic heterocycles. The van der Waals surface area contributed by atoms with Gasteiger partial charge in [-0.2, -0.15) is 0 Å². The Labute approximate surface area is 74.7 Å². The first kappa shape index (κ1) is 9.56. The fourth-order valence-corrected chi connectivity index (χ4v) is 1.44. The number of nitrogens with one attached hydrogen (secondary N) is 1. The van der Waals surface area contributed by atoms with Crippen molar-refractivity contribution in [2.75, 3.05) is 0 Å². The van der Waals surface area contributed by atoms with Crippen LogP contribution in [-0.4, -0.2) is 11.9 Å². The number of rotatable bonds is 3. The Bertz CT molecular complexity index is 180. The van der Waals surface area contributed by atoms with E-state index in [0.717, 1.165) is 0 Å². The third-order valence-electron chi connectivity index (χ3n) is 2.60. The minimum Gasteiger partial charge on any atom is -0.353 e. The third-order valence-corrected chi connectivity index (χ3v) is 2.60. The van der Waals surface area contributed by atoms with Gasteiger partial charge in [-0.1, -0.05) is 13.8 Å². The van der Waals surface area contributed by atoms with E-state index in [1.165, 1.54) is 12.8 Å². The van der Waals surface area contributed by atoms with Crippen LogP contribution in [0.5, 0.6) is 0 Å². The van der Waals surface area contributed by atoms with Crippen LogP contribution in [0.2, 0.25) is 0 Å². The van der Waals surface area contributed by atoms with Gasteiger partial charge in [-0.25, -0.2) is 0 Å². The Balaban J connectivity index is 2.49. The van der Waals surface area contributed by atoms with Gasteiger partial charge in [0.1, 0.15) is 0 Å². The van der Waals surface area contributed by atoms with Crippen LogP contribution in [0.15, 0.2) is 0 Å². The van der Waals surface area contributed by atoms with Crippen molar-refractivity contribution in [1.82, 2.24) is 5.32 Å². The number of carbonyl (C=O) groups excluding carboxylic acids is 1. The van der Waals surface area contributed by atoms with Crippen molar-refractivity contribution >= 4 is 5.91 Å². The van der Waals surface area contributed by atoms with Crippen LogP contribution < -0.4 is 5.32 Å². The van der Waals surface area contributed by atoms with E-state index in [1.807, 2.05) is 27.7 Å². The molecule has 1 amide bonds. The van der Waals surface area contributed by atoms with Crippen LogP contribution >= 0.6 is 0 Å². The topological polar surface area (TPSA) is 29.1 Å². The molecule has 0 aromatic rings. The third kappa shape index (κ3) is 1.99. The van der Waals surface area contributed by atoms with Gasteiger partial charge >= 0.3 is 0 Å². The van der Waals surface area contributed by atoms with Crippen molar-refractivity contribution in [3.63, 3.8) is 0 Å². The lowest BCUT2D eigenvalue weighted by Gasteiger charge is -2.24. The van der Waals surface area contributed by atoms with Crippen LogP contribution in [0, 0.1) is 11.3 Å². The molecule has 1 aliphatic rings. The summed E-state index contributed by atoms with van der Waals surface area (Å²) in [5, 5.41) is 2.97. The molecule has 0 spiro atoms. The minimum absolute atomic E-state index is 0.149. The Kier molecular flexibility index (Phi) is 2.45. The molecule has 0 unspecified atom stereocenters. The quantitative estimate of drug-likeness (QED) is 0.687. The zero-order chi connectivity index (χ0) is 9.35. The maximum absolute atomic E-state index is 11.6. The van der Waals surface area contributed by atoms with Gasteiger partial charge in [0.2, 0.25) is 5.91 Å². The van der Waals surface area contributed by atoms with E-state index in [1.54, 1.807) is 0 Å². The highest BCUT2D eigenvalue weighted by Gasteiger charge is 2.43. The van der Waals surface area contributed by atoms with Crippen LogP contribution in [0.3, 0.4) is 0 Å². The maximum Gasteiger partial charge on any atom is 0.226 e. The molecule has 1 rings (SSSR count). The molecule has 0 radical (unpaired) electrons. The first-order valence-corrected chi connectivity index (χ1v) is 4.75. The monoisotopic (exact) mass is 169 g/mol. The molecule has 2 nitrogen and oxygen atoms in total. The van der Waals surface area contributed by atoms with E-state index in [4.69, 9.17) is 0 Å². The summed E-state index contributed by atoms with van der Waals surface area (Å²) in [6.07, 6.45) is 2.44. The lowest BCUT2D eigenvalue weighted by molar-refractivity contribution is -0.130. The summed E-state index contributed by atoms with van der Waals surface area (Å²) >= 11 is 0. The lowest BCUT2D eigenvalue weighted by Crippen LogP contribution is -2.41. The van der Waals surface area contributed by atoms with Crippen molar-refractivity contribution in [1.29, 1.82) is 0 Å². The van der Waals surface area contributed by atoms with Crippen molar-refractivity contribution < 1.29 is 4.79 Å². The van der Waals surface area contributed by atoms with E-state index in [0.29, 0.717) is 5.92 Å². The predicted molar refractivity (Wildman–Crippen MR) is 49.8 cm³/mol. The first-order chi connectivity index (χ1) is 5.44. The van der Waals surface area contributed by atoms with E-state index in [-0.39, 0.29) is 17.4 Å². The Hall–Kier alpha value is -0.530. The van der Waals surface area contributed by atoms with Gasteiger partial charge in [-0.3, -0.25) is 4.79 Å². The molecule has 0 atom stereocenters. The van der Waals surface area contributed by atoms with Crippen molar-refractivity contribution in [3.05, 3.63) is 0 Å². The molecular formula is C10H19NO. The second kappa shape index (κ2) is 3.08. The number of carbonyl (C=O) groups is 1. The van der Waals surface area contributed by atoms with Gasteiger partial charge in [0.05, 0.1) is 0 Å². The highest BCUT2D eigenvalue weighted by molar-refractivity contribution is 5.82. The maximum atomic E-state index is 11.6. The second-order valence-corrected chi connectivity index (χ2v) is 4.62. The summed E-state index contributed by atoms with van der Waals surface area (Å²) in [5.41, 5.74) is -0.149. The molecule has 1 fully saturated rings. The van der Waals surface area contributed by atoms with E-state index < -0.39 is 0 Å². The van der Waals surface area contributed by atoms with E-state index >= 15 is 0 Å². The summed E-state index contributed by atoms with van der Waals surface area (Å²) in [4.78, 5) is 11.6.